The van der Waals surface area contributed by atoms with Crippen LogP contribution in [0.3, 0.4) is 0 Å². The smallest absolute Gasteiger partial charge is 0.224 e. The van der Waals surface area contributed by atoms with E-state index in [1.54, 1.807) is 7.05 Å². The Hall–Kier alpha value is -1.06. The lowest BCUT2D eigenvalue weighted by Crippen LogP contribution is -2.45. The molecule has 0 radical (unpaired) electrons. The second-order valence-electron chi connectivity index (χ2n) is 6.17. The highest BCUT2D eigenvalue weighted by Gasteiger charge is 2.65. The van der Waals surface area contributed by atoms with Crippen molar-refractivity contribution in [2.75, 3.05) is 7.05 Å². The maximum Gasteiger partial charge on any atom is 0.224 e. The fourth-order valence-electron chi connectivity index (χ4n) is 2.47. The molecule has 2 fully saturated rings. The van der Waals surface area contributed by atoms with Crippen LogP contribution in [-0.4, -0.2) is 24.4 Å². The molecule has 2 aliphatic carbocycles. The minimum Gasteiger partial charge on any atom is -0.359 e. The minimum atomic E-state index is -0.289. The van der Waals surface area contributed by atoms with Gasteiger partial charge >= 0.3 is 0 Å². The molecule has 1 atom stereocenters. The van der Waals surface area contributed by atoms with Crippen molar-refractivity contribution in [1.29, 1.82) is 0 Å². The van der Waals surface area contributed by atoms with Gasteiger partial charge < -0.3 is 10.6 Å². The summed E-state index contributed by atoms with van der Waals surface area (Å²) in [4.78, 5) is 23.2. The molecule has 17 heavy (non-hydrogen) atoms. The predicted molar refractivity (Wildman–Crippen MR) is 65.3 cm³/mol. The Morgan fingerprint density at radius 3 is 2.47 bits per heavy atom. The van der Waals surface area contributed by atoms with Gasteiger partial charge in [0.25, 0.3) is 0 Å². The first kappa shape index (κ1) is 12.4. The van der Waals surface area contributed by atoms with Crippen LogP contribution in [0.25, 0.3) is 0 Å². The van der Waals surface area contributed by atoms with E-state index in [4.69, 9.17) is 0 Å². The number of rotatable bonds is 5. The van der Waals surface area contributed by atoms with E-state index in [0.29, 0.717) is 18.3 Å². The number of carbonyl (C=O) groups is 2. The molecule has 4 heteroatoms. The van der Waals surface area contributed by atoms with Crippen molar-refractivity contribution in [3.05, 3.63) is 0 Å². The van der Waals surface area contributed by atoms with Gasteiger partial charge in [0.1, 0.15) is 0 Å². The van der Waals surface area contributed by atoms with Gasteiger partial charge in [-0.1, -0.05) is 0 Å². The molecule has 0 aromatic heterocycles. The minimum absolute atomic E-state index is 0.0254. The molecule has 0 bridgehead atoms. The first-order valence-electron chi connectivity index (χ1n) is 6.41. The number of amides is 2. The van der Waals surface area contributed by atoms with E-state index in [0.717, 1.165) is 6.42 Å². The Labute approximate surface area is 103 Å². The molecule has 4 nitrogen and oxygen atoms in total. The van der Waals surface area contributed by atoms with Gasteiger partial charge in [0.05, 0.1) is 0 Å². The van der Waals surface area contributed by atoms with E-state index >= 15 is 0 Å². The Morgan fingerprint density at radius 2 is 2.00 bits per heavy atom. The SMILES string of the molecule is CNC(=O)CCC(C)(C)NC(=O)C1CC12CC2. The number of hydrogen-bond acceptors (Lipinski definition) is 2. The molecule has 96 valence electrons. The van der Waals surface area contributed by atoms with Gasteiger partial charge in [-0.3, -0.25) is 9.59 Å². The second-order valence-corrected chi connectivity index (χ2v) is 6.17. The number of hydrogen-bond donors (Lipinski definition) is 2. The molecule has 0 aromatic carbocycles. The third-order valence-corrected chi connectivity index (χ3v) is 4.12. The highest BCUT2D eigenvalue weighted by atomic mass is 16.2. The van der Waals surface area contributed by atoms with Crippen LogP contribution < -0.4 is 10.6 Å². The van der Waals surface area contributed by atoms with Crippen molar-refractivity contribution in [2.24, 2.45) is 11.3 Å². The average Bonchev–Trinajstić information content (AvgIpc) is 3.16. The topological polar surface area (TPSA) is 58.2 Å². The van der Waals surface area contributed by atoms with Gasteiger partial charge in [-0.15, -0.1) is 0 Å². The normalized spacial score (nSPS) is 24.3. The van der Waals surface area contributed by atoms with Crippen LogP contribution in [0.5, 0.6) is 0 Å². The van der Waals surface area contributed by atoms with Gasteiger partial charge in [0, 0.05) is 24.9 Å². The zero-order valence-electron chi connectivity index (χ0n) is 10.9. The molecule has 2 aliphatic rings. The molecule has 0 aromatic rings. The van der Waals surface area contributed by atoms with Crippen molar-refractivity contribution in [1.82, 2.24) is 10.6 Å². The summed E-state index contributed by atoms with van der Waals surface area (Å²) in [5.41, 5.74) is 0.114. The molecular formula is C13H22N2O2. The van der Waals surface area contributed by atoms with Crippen molar-refractivity contribution in [3.63, 3.8) is 0 Å². The van der Waals surface area contributed by atoms with Crippen LogP contribution in [0, 0.1) is 11.3 Å². The Morgan fingerprint density at radius 1 is 1.35 bits per heavy atom. The number of nitrogens with one attached hydrogen (secondary N) is 2. The third-order valence-electron chi connectivity index (χ3n) is 4.12. The van der Waals surface area contributed by atoms with Crippen molar-refractivity contribution in [2.45, 2.75) is 51.5 Å². The highest BCUT2D eigenvalue weighted by molar-refractivity contribution is 5.84. The summed E-state index contributed by atoms with van der Waals surface area (Å²) >= 11 is 0. The van der Waals surface area contributed by atoms with Crippen LogP contribution in [0.4, 0.5) is 0 Å². The van der Waals surface area contributed by atoms with Gasteiger partial charge in [-0.05, 0) is 44.9 Å². The summed E-state index contributed by atoms with van der Waals surface area (Å²) in [5, 5.41) is 5.67. The standard InChI is InChI=1S/C13H22N2O2/c1-12(2,5-4-10(16)14-3)15-11(17)9-8-13(9)6-7-13/h9H,4-8H2,1-3H3,(H,14,16)(H,15,17). The molecule has 2 rings (SSSR count). The molecule has 0 aliphatic heterocycles. The van der Waals surface area contributed by atoms with Crippen LogP contribution >= 0.6 is 0 Å². The summed E-state index contributed by atoms with van der Waals surface area (Å²) in [6, 6.07) is 0. The monoisotopic (exact) mass is 238 g/mol. The maximum atomic E-state index is 12.0. The molecule has 0 saturated heterocycles. The first-order chi connectivity index (χ1) is 7.88. The fraction of sp³-hybridized carbons (Fsp3) is 0.846. The van der Waals surface area contributed by atoms with E-state index in [-0.39, 0.29) is 23.3 Å². The van der Waals surface area contributed by atoms with Gasteiger partial charge in [0.15, 0.2) is 0 Å². The summed E-state index contributed by atoms with van der Waals surface area (Å²) < 4.78 is 0. The zero-order chi connectivity index (χ0) is 12.7. The summed E-state index contributed by atoms with van der Waals surface area (Å²) in [6.07, 6.45) is 4.66. The first-order valence-corrected chi connectivity index (χ1v) is 6.41. The Bertz CT molecular complexity index is 345. The van der Waals surface area contributed by atoms with E-state index in [2.05, 4.69) is 10.6 Å². The van der Waals surface area contributed by atoms with Crippen LogP contribution in [0.2, 0.25) is 0 Å². The van der Waals surface area contributed by atoms with E-state index in [9.17, 15) is 9.59 Å². The summed E-state index contributed by atoms with van der Waals surface area (Å²) in [6.45, 7) is 3.96. The van der Waals surface area contributed by atoms with Gasteiger partial charge in [0.2, 0.25) is 11.8 Å². The Balaban J connectivity index is 1.76. The van der Waals surface area contributed by atoms with Crippen LogP contribution in [-0.2, 0) is 9.59 Å². The molecule has 2 saturated carbocycles. The second kappa shape index (κ2) is 4.00. The zero-order valence-corrected chi connectivity index (χ0v) is 10.9. The van der Waals surface area contributed by atoms with Gasteiger partial charge in [-0.25, -0.2) is 0 Å². The van der Waals surface area contributed by atoms with Crippen LogP contribution in [0.1, 0.15) is 46.0 Å². The van der Waals surface area contributed by atoms with E-state index in [1.165, 1.54) is 12.8 Å². The molecule has 2 amide bonds. The largest absolute Gasteiger partial charge is 0.359 e. The highest BCUT2D eigenvalue weighted by Crippen LogP contribution is 2.70. The lowest BCUT2D eigenvalue weighted by atomic mass is 9.97. The maximum absolute atomic E-state index is 12.0. The van der Waals surface area contributed by atoms with Crippen LogP contribution in [0.15, 0.2) is 0 Å². The molecule has 2 N–H and O–H groups in total. The lowest BCUT2D eigenvalue weighted by molar-refractivity contribution is -0.125. The fourth-order valence-corrected chi connectivity index (χ4v) is 2.47. The quantitative estimate of drug-likeness (QED) is 0.756. The lowest BCUT2D eigenvalue weighted by Gasteiger charge is -2.26. The molecular weight excluding hydrogens is 216 g/mol. The van der Waals surface area contributed by atoms with E-state index < -0.39 is 0 Å². The molecule has 1 unspecified atom stereocenters. The molecule has 1 spiro atoms. The average molecular weight is 238 g/mol. The number of carbonyl (C=O) groups excluding carboxylic acids is 2. The van der Waals surface area contributed by atoms with Crippen molar-refractivity contribution in [3.8, 4) is 0 Å². The van der Waals surface area contributed by atoms with Crippen molar-refractivity contribution < 1.29 is 9.59 Å². The predicted octanol–water partition coefficient (Wildman–Crippen LogP) is 1.21. The summed E-state index contributed by atoms with van der Waals surface area (Å²) in [5.74, 6) is 0.462. The summed E-state index contributed by atoms with van der Waals surface area (Å²) in [7, 11) is 1.63. The molecule has 0 heterocycles. The van der Waals surface area contributed by atoms with E-state index in [1.807, 2.05) is 13.8 Å². The van der Waals surface area contributed by atoms with Gasteiger partial charge in [-0.2, -0.15) is 0 Å². The van der Waals surface area contributed by atoms with Crippen molar-refractivity contribution >= 4 is 11.8 Å². The Kier molecular flexibility index (Phi) is 2.92. The third kappa shape index (κ3) is 2.79.